The SMILES string of the molecule is COc1cn(-c2ccccc2)nc1C(=O)N1CCOCC(C2CCC2)C1. The van der Waals surface area contributed by atoms with Gasteiger partial charge in [0.15, 0.2) is 11.4 Å². The van der Waals surface area contributed by atoms with Crippen molar-refractivity contribution < 1.29 is 14.3 Å². The topological polar surface area (TPSA) is 56.6 Å². The van der Waals surface area contributed by atoms with Gasteiger partial charge in [-0.05, 0) is 18.1 Å². The number of hydrogen-bond acceptors (Lipinski definition) is 4. The second kappa shape index (κ2) is 7.50. The predicted octanol–water partition coefficient (Wildman–Crippen LogP) is 2.77. The fraction of sp³-hybridized carbons (Fsp3) is 0.500. The van der Waals surface area contributed by atoms with E-state index in [0.717, 1.165) is 18.8 Å². The van der Waals surface area contributed by atoms with Crippen LogP contribution in [0.5, 0.6) is 5.75 Å². The summed E-state index contributed by atoms with van der Waals surface area (Å²) in [6.45, 7) is 2.68. The van der Waals surface area contributed by atoms with Gasteiger partial charge in [0.25, 0.3) is 5.91 Å². The highest BCUT2D eigenvalue weighted by atomic mass is 16.5. The number of carbonyl (C=O) groups is 1. The Morgan fingerprint density at radius 2 is 2.04 bits per heavy atom. The minimum absolute atomic E-state index is 0.0774. The zero-order valence-corrected chi connectivity index (χ0v) is 15.1. The largest absolute Gasteiger partial charge is 0.493 e. The zero-order chi connectivity index (χ0) is 17.9. The van der Waals surface area contributed by atoms with Crippen molar-refractivity contribution in [2.45, 2.75) is 19.3 Å². The summed E-state index contributed by atoms with van der Waals surface area (Å²) >= 11 is 0. The number of ether oxygens (including phenoxy) is 2. The Morgan fingerprint density at radius 1 is 1.23 bits per heavy atom. The van der Waals surface area contributed by atoms with Crippen LogP contribution >= 0.6 is 0 Å². The highest BCUT2D eigenvalue weighted by Crippen LogP contribution is 2.35. The molecule has 1 unspecified atom stereocenters. The first-order valence-corrected chi connectivity index (χ1v) is 9.32. The first-order chi connectivity index (χ1) is 12.8. The molecule has 1 aromatic carbocycles. The Kier molecular flexibility index (Phi) is 4.93. The number of benzene rings is 1. The summed E-state index contributed by atoms with van der Waals surface area (Å²) in [5.74, 6) is 1.54. The monoisotopic (exact) mass is 355 g/mol. The number of aromatic nitrogens is 2. The molecular weight excluding hydrogens is 330 g/mol. The van der Waals surface area contributed by atoms with Gasteiger partial charge in [-0.2, -0.15) is 5.10 Å². The van der Waals surface area contributed by atoms with Crippen molar-refractivity contribution in [3.8, 4) is 11.4 Å². The average molecular weight is 355 g/mol. The summed E-state index contributed by atoms with van der Waals surface area (Å²) < 4.78 is 12.9. The van der Waals surface area contributed by atoms with E-state index in [-0.39, 0.29) is 5.91 Å². The first kappa shape index (κ1) is 17.1. The minimum atomic E-state index is -0.0774. The van der Waals surface area contributed by atoms with Gasteiger partial charge in [0.05, 0.1) is 32.2 Å². The van der Waals surface area contributed by atoms with Crippen LogP contribution in [-0.2, 0) is 4.74 Å². The van der Waals surface area contributed by atoms with E-state index in [9.17, 15) is 4.79 Å². The molecule has 1 aliphatic carbocycles. The lowest BCUT2D eigenvalue weighted by molar-refractivity contribution is 0.0680. The fourth-order valence-electron chi connectivity index (χ4n) is 3.74. The summed E-state index contributed by atoms with van der Waals surface area (Å²) in [5.41, 5.74) is 1.27. The van der Waals surface area contributed by atoms with Gasteiger partial charge in [0.2, 0.25) is 0 Å². The van der Waals surface area contributed by atoms with E-state index in [1.54, 1.807) is 18.0 Å². The third kappa shape index (κ3) is 3.33. The lowest BCUT2D eigenvalue weighted by Crippen LogP contribution is -2.39. The molecule has 0 spiro atoms. The van der Waals surface area contributed by atoms with Gasteiger partial charge < -0.3 is 14.4 Å². The van der Waals surface area contributed by atoms with Crippen molar-refractivity contribution in [3.05, 3.63) is 42.2 Å². The van der Waals surface area contributed by atoms with Crippen LogP contribution in [0, 0.1) is 11.8 Å². The summed E-state index contributed by atoms with van der Waals surface area (Å²) in [6.07, 6.45) is 5.56. The molecule has 1 aliphatic heterocycles. The zero-order valence-electron chi connectivity index (χ0n) is 15.1. The van der Waals surface area contributed by atoms with Gasteiger partial charge in [-0.25, -0.2) is 4.68 Å². The van der Waals surface area contributed by atoms with E-state index >= 15 is 0 Å². The Labute approximate surface area is 153 Å². The Balaban J connectivity index is 1.57. The average Bonchev–Trinajstić information content (AvgIpc) is 2.93. The van der Waals surface area contributed by atoms with Crippen LogP contribution in [0.3, 0.4) is 0 Å². The lowest BCUT2D eigenvalue weighted by Gasteiger charge is -2.34. The van der Waals surface area contributed by atoms with Crippen molar-refractivity contribution >= 4 is 5.91 Å². The Bertz CT molecular complexity index is 755. The Hall–Kier alpha value is -2.34. The van der Waals surface area contributed by atoms with Crippen LogP contribution < -0.4 is 4.74 Å². The molecule has 1 amide bonds. The molecule has 2 aromatic rings. The van der Waals surface area contributed by atoms with Crippen molar-refractivity contribution in [1.82, 2.24) is 14.7 Å². The number of hydrogen-bond donors (Lipinski definition) is 0. The second-order valence-electron chi connectivity index (χ2n) is 7.10. The second-order valence-corrected chi connectivity index (χ2v) is 7.10. The molecule has 6 nitrogen and oxygen atoms in total. The van der Waals surface area contributed by atoms with Crippen molar-refractivity contribution in [2.75, 3.05) is 33.4 Å². The molecule has 138 valence electrons. The lowest BCUT2D eigenvalue weighted by atomic mass is 9.76. The normalized spacial score (nSPS) is 21.1. The van der Waals surface area contributed by atoms with E-state index in [1.165, 1.54) is 19.3 Å². The van der Waals surface area contributed by atoms with E-state index in [4.69, 9.17) is 9.47 Å². The fourth-order valence-corrected chi connectivity index (χ4v) is 3.74. The summed E-state index contributed by atoms with van der Waals surface area (Å²) in [7, 11) is 1.58. The van der Waals surface area contributed by atoms with E-state index in [2.05, 4.69) is 5.10 Å². The molecule has 0 N–H and O–H groups in total. The molecule has 2 heterocycles. The maximum absolute atomic E-state index is 13.2. The number of carbonyl (C=O) groups excluding carboxylic acids is 1. The van der Waals surface area contributed by atoms with E-state index in [1.807, 2.05) is 35.2 Å². The molecule has 26 heavy (non-hydrogen) atoms. The van der Waals surface area contributed by atoms with Crippen molar-refractivity contribution in [1.29, 1.82) is 0 Å². The summed E-state index contributed by atoms with van der Waals surface area (Å²) in [4.78, 5) is 15.1. The molecule has 2 fully saturated rings. The molecular formula is C20H25N3O3. The number of methoxy groups -OCH3 is 1. The van der Waals surface area contributed by atoms with Crippen LogP contribution in [0.2, 0.25) is 0 Å². The van der Waals surface area contributed by atoms with E-state index < -0.39 is 0 Å². The Morgan fingerprint density at radius 3 is 2.73 bits per heavy atom. The molecule has 6 heteroatoms. The van der Waals surface area contributed by atoms with Gasteiger partial charge in [-0.15, -0.1) is 0 Å². The third-order valence-corrected chi connectivity index (χ3v) is 5.52. The molecule has 4 rings (SSSR count). The van der Waals surface area contributed by atoms with Crippen molar-refractivity contribution in [2.24, 2.45) is 11.8 Å². The maximum atomic E-state index is 13.2. The summed E-state index contributed by atoms with van der Waals surface area (Å²) in [6, 6.07) is 9.75. The third-order valence-electron chi connectivity index (χ3n) is 5.52. The molecule has 0 bridgehead atoms. The molecule has 2 aliphatic rings. The van der Waals surface area contributed by atoms with Gasteiger partial charge in [-0.3, -0.25) is 4.79 Å². The molecule has 1 atom stereocenters. The van der Waals surface area contributed by atoms with Crippen LogP contribution in [0.1, 0.15) is 29.8 Å². The predicted molar refractivity (Wildman–Crippen MR) is 97.7 cm³/mol. The minimum Gasteiger partial charge on any atom is -0.493 e. The quantitative estimate of drug-likeness (QED) is 0.846. The van der Waals surface area contributed by atoms with Gasteiger partial charge in [-0.1, -0.05) is 37.5 Å². The number of rotatable bonds is 4. The number of nitrogens with zero attached hydrogens (tertiary/aromatic N) is 3. The summed E-state index contributed by atoms with van der Waals surface area (Å²) in [5, 5.41) is 4.52. The molecule has 1 aromatic heterocycles. The number of amides is 1. The smallest absolute Gasteiger partial charge is 0.278 e. The first-order valence-electron chi connectivity index (χ1n) is 9.32. The molecule has 1 saturated carbocycles. The molecule has 0 radical (unpaired) electrons. The van der Waals surface area contributed by atoms with Crippen LogP contribution in [-0.4, -0.2) is 54.0 Å². The van der Waals surface area contributed by atoms with Crippen LogP contribution in [0.4, 0.5) is 0 Å². The number of para-hydroxylation sites is 1. The van der Waals surface area contributed by atoms with Gasteiger partial charge in [0, 0.05) is 19.0 Å². The van der Waals surface area contributed by atoms with Crippen LogP contribution in [0.25, 0.3) is 5.69 Å². The molecule has 1 saturated heterocycles. The highest BCUT2D eigenvalue weighted by Gasteiger charge is 2.33. The van der Waals surface area contributed by atoms with Gasteiger partial charge in [0.1, 0.15) is 0 Å². The standard InChI is InChI=1S/C20H25N3O3/c1-25-18-13-23(17-8-3-2-4-9-17)21-19(18)20(24)22-10-11-26-14-16(12-22)15-6-5-7-15/h2-4,8-9,13,15-16H,5-7,10-12,14H2,1H3. The van der Waals surface area contributed by atoms with E-state index in [0.29, 0.717) is 36.4 Å². The van der Waals surface area contributed by atoms with Gasteiger partial charge >= 0.3 is 0 Å². The maximum Gasteiger partial charge on any atom is 0.278 e. The van der Waals surface area contributed by atoms with Crippen LogP contribution in [0.15, 0.2) is 36.5 Å². The highest BCUT2D eigenvalue weighted by molar-refractivity contribution is 5.95. The van der Waals surface area contributed by atoms with Crippen molar-refractivity contribution in [3.63, 3.8) is 0 Å².